The van der Waals surface area contributed by atoms with Crippen LogP contribution in [0.4, 0.5) is 5.69 Å². The highest BCUT2D eigenvalue weighted by Gasteiger charge is 2.20. The van der Waals surface area contributed by atoms with Crippen molar-refractivity contribution in [1.82, 2.24) is 4.31 Å². The molecule has 6 heteroatoms. The van der Waals surface area contributed by atoms with E-state index < -0.39 is 10.0 Å². The maximum absolute atomic E-state index is 12.6. The summed E-state index contributed by atoms with van der Waals surface area (Å²) in [5.41, 5.74) is 4.71. The molecule has 0 saturated carbocycles. The zero-order valence-corrected chi connectivity index (χ0v) is 16.3. The summed E-state index contributed by atoms with van der Waals surface area (Å²) in [6, 6.07) is 8.75. The van der Waals surface area contributed by atoms with Gasteiger partial charge in [0.2, 0.25) is 10.0 Å². The molecule has 2 rings (SSSR count). The first-order valence-corrected chi connectivity index (χ1v) is 9.40. The number of nitrogens with zero attached hydrogens (tertiary/aromatic N) is 1. The van der Waals surface area contributed by atoms with E-state index in [1.807, 2.05) is 45.9 Å². The second-order valence-electron chi connectivity index (χ2n) is 6.53. The van der Waals surface area contributed by atoms with E-state index in [9.17, 15) is 13.2 Å². The lowest BCUT2D eigenvalue weighted by Crippen LogP contribution is -2.23. The van der Waals surface area contributed by atoms with Gasteiger partial charge in [-0.3, -0.25) is 4.79 Å². The maximum Gasteiger partial charge on any atom is 0.255 e. The molecule has 25 heavy (non-hydrogen) atoms. The molecule has 0 unspecified atom stereocenters. The smallest absolute Gasteiger partial charge is 0.255 e. The Labute approximate surface area is 149 Å². The summed E-state index contributed by atoms with van der Waals surface area (Å²) in [4.78, 5) is 12.8. The number of anilines is 1. The van der Waals surface area contributed by atoms with Gasteiger partial charge in [-0.25, -0.2) is 12.7 Å². The highest BCUT2D eigenvalue weighted by atomic mass is 32.2. The average Bonchev–Trinajstić information content (AvgIpc) is 2.50. The number of carbonyl (C=O) groups is 1. The van der Waals surface area contributed by atoms with Gasteiger partial charge in [0, 0.05) is 25.3 Å². The molecule has 0 aliphatic heterocycles. The van der Waals surface area contributed by atoms with Gasteiger partial charge in [0.1, 0.15) is 0 Å². The van der Waals surface area contributed by atoms with Crippen molar-refractivity contribution in [3.8, 4) is 0 Å². The third-order valence-electron chi connectivity index (χ3n) is 4.15. The summed E-state index contributed by atoms with van der Waals surface area (Å²) in [5, 5.41) is 2.85. The first-order valence-electron chi connectivity index (χ1n) is 7.96. The van der Waals surface area contributed by atoms with Crippen molar-refractivity contribution in [3.05, 3.63) is 58.1 Å². The van der Waals surface area contributed by atoms with Crippen LogP contribution in [0.25, 0.3) is 0 Å². The average molecular weight is 360 g/mol. The topological polar surface area (TPSA) is 66.5 Å². The lowest BCUT2D eigenvalue weighted by molar-refractivity contribution is 0.102. The largest absolute Gasteiger partial charge is 0.322 e. The van der Waals surface area contributed by atoms with Crippen LogP contribution in [0, 0.1) is 27.7 Å². The molecule has 0 aliphatic rings. The molecule has 0 heterocycles. The standard InChI is InChI=1S/C19H24N2O3S/c1-12-7-13(2)9-16(8-12)19(22)20-18-11-17(10-14(3)15(18)4)25(23,24)21(5)6/h7-11H,1-6H3,(H,20,22). The van der Waals surface area contributed by atoms with Crippen molar-refractivity contribution in [2.24, 2.45) is 0 Å². The highest BCUT2D eigenvalue weighted by Crippen LogP contribution is 2.26. The van der Waals surface area contributed by atoms with Crippen molar-refractivity contribution in [2.75, 3.05) is 19.4 Å². The van der Waals surface area contributed by atoms with E-state index in [4.69, 9.17) is 0 Å². The number of amides is 1. The van der Waals surface area contributed by atoms with Crippen LogP contribution < -0.4 is 5.32 Å². The van der Waals surface area contributed by atoms with Gasteiger partial charge in [0.15, 0.2) is 0 Å². The Bertz CT molecular complexity index is 912. The van der Waals surface area contributed by atoms with Gasteiger partial charge in [-0.1, -0.05) is 17.2 Å². The molecule has 0 fully saturated rings. The van der Waals surface area contributed by atoms with Gasteiger partial charge < -0.3 is 5.32 Å². The fourth-order valence-electron chi connectivity index (χ4n) is 2.62. The SMILES string of the molecule is Cc1cc(C)cc(C(=O)Nc2cc(S(=O)(=O)N(C)C)cc(C)c2C)c1. The first kappa shape index (κ1) is 19.1. The van der Waals surface area contributed by atoms with E-state index in [1.54, 1.807) is 6.07 Å². The highest BCUT2D eigenvalue weighted by molar-refractivity contribution is 7.89. The summed E-state index contributed by atoms with van der Waals surface area (Å²) in [6.07, 6.45) is 0. The van der Waals surface area contributed by atoms with Gasteiger partial charge in [0.25, 0.3) is 5.91 Å². The van der Waals surface area contributed by atoms with Crippen molar-refractivity contribution >= 4 is 21.6 Å². The number of aryl methyl sites for hydroxylation is 3. The Morgan fingerprint density at radius 1 is 0.920 bits per heavy atom. The third-order valence-corrected chi connectivity index (χ3v) is 5.94. The van der Waals surface area contributed by atoms with Gasteiger partial charge in [-0.15, -0.1) is 0 Å². The van der Waals surface area contributed by atoms with Crippen molar-refractivity contribution in [1.29, 1.82) is 0 Å². The van der Waals surface area contributed by atoms with Crippen molar-refractivity contribution in [2.45, 2.75) is 32.6 Å². The summed E-state index contributed by atoms with van der Waals surface area (Å²) >= 11 is 0. The van der Waals surface area contributed by atoms with Crippen LogP contribution in [-0.4, -0.2) is 32.7 Å². The van der Waals surface area contributed by atoms with E-state index in [-0.39, 0.29) is 10.8 Å². The molecule has 0 atom stereocenters. The van der Waals surface area contributed by atoms with Crippen molar-refractivity contribution < 1.29 is 13.2 Å². The molecule has 0 radical (unpaired) electrons. The number of carbonyl (C=O) groups excluding carboxylic acids is 1. The molecule has 1 amide bonds. The van der Waals surface area contributed by atoms with E-state index in [1.165, 1.54) is 20.2 Å². The lowest BCUT2D eigenvalue weighted by Gasteiger charge is -2.16. The van der Waals surface area contributed by atoms with Crippen LogP contribution in [0.15, 0.2) is 35.2 Å². The quantitative estimate of drug-likeness (QED) is 0.908. The number of nitrogens with one attached hydrogen (secondary N) is 1. The molecule has 0 spiro atoms. The molecule has 0 bridgehead atoms. The minimum absolute atomic E-state index is 0.163. The predicted octanol–water partition coefficient (Wildman–Crippen LogP) is 3.42. The molecule has 5 nitrogen and oxygen atoms in total. The Morgan fingerprint density at radius 2 is 1.48 bits per heavy atom. The molecular formula is C19H24N2O3S. The second-order valence-corrected chi connectivity index (χ2v) is 8.68. The Kier molecular flexibility index (Phi) is 5.34. The molecule has 2 aromatic carbocycles. The second kappa shape index (κ2) is 6.98. The zero-order chi connectivity index (χ0) is 18.9. The monoisotopic (exact) mass is 360 g/mol. The normalized spacial score (nSPS) is 11.6. The summed E-state index contributed by atoms with van der Waals surface area (Å²) < 4.78 is 26.0. The van der Waals surface area contributed by atoms with Gasteiger partial charge >= 0.3 is 0 Å². The van der Waals surface area contributed by atoms with Crippen LogP contribution in [0.1, 0.15) is 32.6 Å². The zero-order valence-electron chi connectivity index (χ0n) is 15.5. The lowest BCUT2D eigenvalue weighted by atomic mass is 10.1. The van der Waals surface area contributed by atoms with Crippen LogP contribution in [-0.2, 0) is 10.0 Å². The maximum atomic E-state index is 12.6. The number of benzene rings is 2. The summed E-state index contributed by atoms with van der Waals surface area (Å²) in [5.74, 6) is -0.256. The van der Waals surface area contributed by atoms with Crippen molar-refractivity contribution in [3.63, 3.8) is 0 Å². The molecule has 0 aromatic heterocycles. The number of hydrogen-bond acceptors (Lipinski definition) is 3. The number of sulfonamides is 1. The molecule has 0 aliphatic carbocycles. The molecule has 134 valence electrons. The summed E-state index contributed by atoms with van der Waals surface area (Å²) in [6.45, 7) is 7.56. The molecule has 1 N–H and O–H groups in total. The Morgan fingerprint density at radius 3 is 2.00 bits per heavy atom. The van der Waals surface area contributed by atoms with Crippen LogP contribution >= 0.6 is 0 Å². The van der Waals surface area contributed by atoms with Crippen LogP contribution in [0.2, 0.25) is 0 Å². The van der Waals surface area contributed by atoms with Gasteiger partial charge in [-0.05, 0) is 63.1 Å². The van der Waals surface area contributed by atoms with Crippen LogP contribution in [0.5, 0.6) is 0 Å². The van der Waals surface area contributed by atoms with E-state index in [0.29, 0.717) is 11.3 Å². The first-order chi connectivity index (χ1) is 11.5. The number of hydrogen-bond donors (Lipinski definition) is 1. The van der Waals surface area contributed by atoms with Gasteiger partial charge in [0.05, 0.1) is 4.90 Å². The summed E-state index contributed by atoms with van der Waals surface area (Å²) in [7, 11) is -0.602. The van der Waals surface area contributed by atoms with Crippen LogP contribution in [0.3, 0.4) is 0 Å². The predicted molar refractivity (Wildman–Crippen MR) is 101 cm³/mol. The van der Waals surface area contributed by atoms with E-state index in [0.717, 1.165) is 26.6 Å². The fourth-order valence-corrected chi connectivity index (χ4v) is 3.63. The minimum atomic E-state index is -3.57. The fraction of sp³-hybridized carbons (Fsp3) is 0.316. The van der Waals surface area contributed by atoms with E-state index in [2.05, 4.69) is 5.32 Å². The van der Waals surface area contributed by atoms with E-state index >= 15 is 0 Å². The Balaban J connectivity index is 2.45. The van der Waals surface area contributed by atoms with Gasteiger partial charge in [-0.2, -0.15) is 0 Å². The molecule has 2 aromatic rings. The Hall–Kier alpha value is -2.18. The minimum Gasteiger partial charge on any atom is -0.322 e. The molecule has 0 saturated heterocycles. The molecular weight excluding hydrogens is 336 g/mol. The number of rotatable bonds is 4. The third kappa shape index (κ3) is 4.08.